The molecule has 1 aliphatic carbocycles. The zero-order valence-electron chi connectivity index (χ0n) is 11.8. The first-order valence-electron chi connectivity index (χ1n) is 6.96. The lowest BCUT2D eigenvalue weighted by Gasteiger charge is -2.27. The molecule has 0 atom stereocenters. The molecule has 1 aromatic carbocycles. The van der Waals surface area contributed by atoms with Crippen molar-refractivity contribution in [3.63, 3.8) is 0 Å². The molecule has 0 spiro atoms. The van der Waals surface area contributed by atoms with Crippen LogP contribution in [0.5, 0.6) is 0 Å². The summed E-state index contributed by atoms with van der Waals surface area (Å²) in [6.07, 6.45) is 3.93. The van der Waals surface area contributed by atoms with E-state index in [-0.39, 0.29) is 5.41 Å². The first-order chi connectivity index (χ1) is 8.47. The lowest BCUT2D eigenvalue weighted by molar-refractivity contribution is 0.296. The number of benzene rings is 1. The quantitative estimate of drug-likeness (QED) is 0.726. The second kappa shape index (κ2) is 3.84. The Hall–Kier alpha value is -1.31. The number of rotatable bonds is 1. The summed E-state index contributed by atoms with van der Waals surface area (Å²) in [5, 5.41) is 6.07. The Balaban J connectivity index is 2.18. The summed E-state index contributed by atoms with van der Waals surface area (Å²) in [7, 11) is 0. The van der Waals surface area contributed by atoms with E-state index in [1.165, 1.54) is 35.7 Å². The van der Waals surface area contributed by atoms with E-state index >= 15 is 0 Å². The number of hydrogen-bond acceptors (Lipinski definition) is 1. The smallest absolute Gasteiger partial charge is 0.0691 e. The van der Waals surface area contributed by atoms with E-state index in [1.54, 1.807) is 0 Å². The van der Waals surface area contributed by atoms with Crippen LogP contribution in [0.15, 0.2) is 18.2 Å². The third kappa shape index (κ3) is 1.75. The standard InChI is InChI=1S/C16H22N2/c1-11-14-9-8-12(16(2,3)4)10-15(14)18(17-11)13-6-5-7-13/h8-10,13H,5-7H2,1-4H3. The number of hydrogen-bond donors (Lipinski definition) is 0. The maximum Gasteiger partial charge on any atom is 0.0691 e. The summed E-state index contributed by atoms with van der Waals surface area (Å²) in [6.45, 7) is 8.93. The van der Waals surface area contributed by atoms with Crippen LogP contribution < -0.4 is 0 Å². The minimum absolute atomic E-state index is 0.205. The van der Waals surface area contributed by atoms with Gasteiger partial charge in [-0.1, -0.05) is 32.9 Å². The monoisotopic (exact) mass is 242 g/mol. The predicted molar refractivity (Wildman–Crippen MR) is 76.1 cm³/mol. The topological polar surface area (TPSA) is 17.8 Å². The summed E-state index contributed by atoms with van der Waals surface area (Å²) < 4.78 is 2.27. The third-order valence-corrected chi connectivity index (χ3v) is 4.18. The van der Waals surface area contributed by atoms with E-state index in [0.29, 0.717) is 6.04 Å². The van der Waals surface area contributed by atoms with Crippen LogP contribution in [0.4, 0.5) is 0 Å². The van der Waals surface area contributed by atoms with E-state index in [4.69, 9.17) is 5.10 Å². The fraction of sp³-hybridized carbons (Fsp3) is 0.562. The molecule has 1 aliphatic rings. The molecule has 0 unspecified atom stereocenters. The second-order valence-corrected chi connectivity index (χ2v) is 6.60. The van der Waals surface area contributed by atoms with Gasteiger partial charge in [-0.3, -0.25) is 4.68 Å². The van der Waals surface area contributed by atoms with Gasteiger partial charge in [0.1, 0.15) is 0 Å². The van der Waals surface area contributed by atoms with Crippen molar-refractivity contribution >= 4 is 10.9 Å². The molecule has 18 heavy (non-hydrogen) atoms. The van der Waals surface area contributed by atoms with Gasteiger partial charge >= 0.3 is 0 Å². The molecule has 0 saturated heterocycles. The number of aryl methyl sites for hydroxylation is 1. The van der Waals surface area contributed by atoms with Crippen molar-refractivity contribution in [3.05, 3.63) is 29.5 Å². The van der Waals surface area contributed by atoms with Gasteiger partial charge in [-0.05, 0) is 43.2 Å². The lowest BCUT2D eigenvalue weighted by atomic mass is 9.86. The molecule has 2 heteroatoms. The summed E-state index contributed by atoms with van der Waals surface area (Å²) >= 11 is 0. The average molecular weight is 242 g/mol. The van der Waals surface area contributed by atoms with Crippen LogP contribution in [0.3, 0.4) is 0 Å². The Kier molecular flexibility index (Phi) is 2.51. The molecule has 0 aliphatic heterocycles. The van der Waals surface area contributed by atoms with Crippen molar-refractivity contribution in [2.75, 3.05) is 0 Å². The van der Waals surface area contributed by atoms with Crippen LogP contribution in [-0.2, 0) is 5.41 Å². The molecule has 1 saturated carbocycles. The van der Waals surface area contributed by atoms with Gasteiger partial charge in [-0.15, -0.1) is 0 Å². The normalized spacial score (nSPS) is 17.1. The van der Waals surface area contributed by atoms with E-state index in [2.05, 4.69) is 50.6 Å². The van der Waals surface area contributed by atoms with E-state index in [9.17, 15) is 0 Å². The number of nitrogens with zero attached hydrogens (tertiary/aromatic N) is 2. The van der Waals surface area contributed by atoms with Crippen molar-refractivity contribution < 1.29 is 0 Å². The maximum atomic E-state index is 4.75. The summed E-state index contributed by atoms with van der Waals surface area (Å²) in [5.74, 6) is 0. The Bertz CT molecular complexity index is 583. The average Bonchev–Trinajstić information content (AvgIpc) is 2.53. The Morgan fingerprint density at radius 1 is 1.22 bits per heavy atom. The zero-order valence-corrected chi connectivity index (χ0v) is 11.8. The highest BCUT2D eigenvalue weighted by Gasteiger charge is 2.24. The Labute approximate surface area is 109 Å². The largest absolute Gasteiger partial charge is 0.262 e. The van der Waals surface area contributed by atoms with Crippen molar-refractivity contribution in [1.29, 1.82) is 0 Å². The molecule has 1 aromatic heterocycles. The highest BCUT2D eigenvalue weighted by Crippen LogP contribution is 2.35. The summed E-state index contributed by atoms with van der Waals surface area (Å²) in [4.78, 5) is 0. The zero-order chi connectivity index (χ0) is 12.9. The molecule has 2 aromatic rings. The minimum Gasteiger partial charge on any atom is -0.262 e. The maximum absolute atomic E-state index is 4.75. The number of fused-ring (bicyclic) bond motifs is 1. The fourth-order valence-electron chi connectivity index (χ4n) is 2.67. The van der Waals surface area contributed by atoms with Crippen molar-refractivity contribution in [2.24, 2.45) is 0 Å². The highest BCUT2D eigenvalue weighted by molar-refractivity contribution is 5.83. The van der Waals surface area contributed by atoms with E-state index in [0.717, 1.165) is 5.69 Å². The predicted octanol–water partition coefficient (Wildman–Crippen LogP) is 4.37. The molecule has 0 N–H and O–H groups in total. The Morgan fingerprint density at radius 3 is 2.50 bits per heavy atom. The van der Waals surface area contributed by atoms with Gasteiger partial charge in [-0.25, -0.2) is 0 Å². The summed E-state index contributed by atoms with van der Waals surface area (Å²) in [5.41, 5.74) is 4.09. The molecule has 1 heterocycles. The van der Waals surface area contributed by atoms with Crippen LogP contribution in [0, 0.1) is 6.92 Å². The van der Waals surface area contributed by atoms with Gasteiger partial charge in [0, 0.05) is 5.39 Å². The van der Waals surface area contributed by atoms with Crippen LogP contribution in [0.25, 0.3) is 10.9 Å². The molecule has 0 amide bonds. The van der Waals surface area contributed by atoms with Crippen molar-refractivity contribution in [1.82, 2.24) is 9.78 Å². The lowest BCUT2D eigenvalue weighted by Crippen LogP contribution is -2.18. The molecular weight excluding hydrogens is 220 g/mol. The SMILES string of the molecule is Cc1nn(C2CCC2)c2cc(C(C)(C)C)ccc12. The van der Waals surface area contributed by atoms with Crippen molar-refractivity contribution in [3.8, 4) is 0 Å². The van der Waals surface area contributed by atoms with Gasteiger partial charge in [0.05, 0.1) is 17.3 Å². The van der Waals surface area contributed by atoms with Crippen LogP contribution in [0.1, 0.15) is 57.3 Å². The van der Waals surface area contributed by atoms with Crippen LogP contribution in [-0.4, -0.2) is 9.78 Å². The molecule has 2 nitrogen and oxygen atoms in total. The van der Waals surface area contributed by atoms with E-state index < -0.39 is 0 Å². The molecule has 3 rings (SSSR count). The van der Waals surface area contributed by atoms with Gasteiger partial charge in [-0.2, -0.15) is 5.10 Å². The van der Waals surface area contributed by atoms with Gasteiger partial charge in [0.15, 0.2) is 0 Å². The number of aromatic nitrogens is 2. The Morgan fingerprint density at radius 2 is 1.94 bits per heavy atom. The van der Waals surface area contributed by atoms with E-state index in [1.807, 2.05) is 0 Å². The first-order valence-corrected chi connectivity index (χ1v) is 6.96. The van der Waals surface area contributed by atoms with Crippen LogP contribution >= 0.6 is 0 Å². The van der Waals surface area contributed by atoms with Gasteiger partial charge < -0.3 is 0 Å². The minimum atomic E-state index is 0.205. The highest BCUT2D eigenvalue weighted by atomic mass is 15.3. The van der Waals surface area contributed by atoms with Gasteiger partial charge in [0.25, 0.3) is 0 Å². The first kappa shape index (κ1) is 11.8. The second-order valence-electron chi connectivity index (χ2n) is 6.60. The molecule has 0 radical (unpaired) electrons. The fourth-order valence-corrected chi connectivity index (χ4v) is 2.67. The van der Waals surface area contributed by atoms with Crippen molar-refractivity contribution in [2.45, 2.75) is 58.4 Å². The summed E-state index contributed by atoms with van der Waals surface area (Å²) in [6, 6.07) is 7.47. The third-order valence-electron chi connectivity index (χ3n) is 4.18. The molecular formula is C16H22N2. The molecule has 0 bridgehead atoms. The van der Waals surface area contributed by atoms with Crippen LogP contribution in [0.2, 0.25) is 0 Å². The molecule has 1 fully saturated rings. The van der Waals surface area contributed by atoms with Gasteiger partial charge in [0.2, 0.25) is 0 Å². The molecule has 96 valence electrons.